The fourth-order valence-electron chi connectivity index (χ4n) is 2.16. The first-order valence-electron chi connectivity index (χ1n) is 5.92. The summed E-state index contributed by atoms with van der Waals surface area (Å²) in [6.07, 6.45) is 1.14. The van der Waals surface area contributed by atoms with E-state index in [9.17, 15) is 4.79 Å². The number of nitrogens with two attached hydrogens (primary N) is 1. The topological polar surface area (TPSA) is 55.6 Å². The van der Waals surface area contributed by atoms with Crippen molar-refractivity contribution in [1.82, 2.24) is 0 Å². The fourth-order valence-corrected chi connectivity index (χ4v) is 3.43. The van der Waals surface area contributed by atoms with E-state index >= 15 is 0 Å². The van der Waals surface area contributed by atoms with Crippen molar-refractivity contribution in [2.45, 2.75) is 12.5 Å². The molecule has 1 heterocycles. The Morgan fingerprint density at radius 2 is 2.33 bits per heavy atom. The Kier molecular flexibility index (Phi) is 4.01. The minimum absolute atomic E-state index is 0.338. The van der Waals surface area contributed by atoms with E-state index in [1.165, 1.54) is 12.9 Å². The highest BCUT2D eigenvalue weighted by Gasteiger charge is 2.24. The molecular weight excluding hydrogens is 248 g/mol. The second-order valence-electron chi connectivity index (χ2n) is 4.40. The van der Waals surface area contributed by atoms with Gasteiger partial charge in [0.15, 0.2) is 0 Å². The lowest BCUT2D eigenvalue weighted by molar-refractivity contribution is 0.0601. The molecule has 1 fully saturated rings. The van der Waals surface area contributed by atoms with Crippen LogP contribution < -0.4 is 10.6 Å². The zero-order chi connectivity index (χ0) is 13.1. The molecule has 1 aromatic carbocycles. The summed E-state index contributed by atoms with van der Waals surface area (Å²) in [5.41, 5.74) is 7.75. The Morgan fingerprint density at radius 1 is 1.56 bits per heavy atom. The number of thioether (sulfide) groups is 1. The van der Waals surface area contributed by atoms with Gasteiger partial charge in [0.05, 0.1) is 18.4 Å². The van der Waals surface area contributed by atoms with Crippen LogP contribution in [0.2, 0.25) is 0 Å². The molecule has 0 radical (unpaired) electrons. The van der Waals surface area contributed by atoms with Crippen molar-refractivity contribution in [2.24, 2.45) is 0 Å². The molecule has 1 saturated heterocycles. The lowest BCUT2D eigenvalue weighted by Crippen LogP contribution is -2.32. The number of carbonyl (C=O) groups excluding carboxylic acids is 1. The van der Waals surface area contributed by atoms with Gasteiger partial charge in [0.2, 0.25) is 0 Å². The monoisotopic (exact) mass is 266 g/mol. The van der Waals surface area contributed by atoms with Gasteiger partial charge in [-0.1, -0.05) is 0 Å². The number of carbonyl (C=O) groups is 1. The number of nitrogen functional groups attached to an aromatic ring is 1. The van der Waals surface area contributed by atoms with Crippen LogP contribution in [0.1, 0.15) is 16.8 Å². The van der Waals surface area contributed by atoms with Gasteiger partial charge in [0.1, 0.15) is 0 Å². The molecule has 2 rings (SSSR count). The van der Waals surface area contributed by atoms with E-state index in [1.54, 1.807) is 6.07 Å². The van der Waals surface area contributed by atoms with Gasteiger partial charge < -0.3 is 15.4 Å². The molecule has 0 amide bonds. The third-order valence-corrected chi connectivity index (χ3v) is 4.40. The fraction of sp³-hybridized carbons (Fsp3) is 0.462. The first kappa shape index (κ1) is 13.1. The van der Waals surface area contributed by atoms with Crippen molar-refractivity contribution in [3.8, 4) is 0 Å². The van der Waals surface area contributed by atoms with Crippen LogP contribution in [-0.2, 0) is 4.74 Å². The molecule has 0 saturated carbocycles. The molecule has 1 atom stereocenters. The predicted molar refractivity (Wildman–Crippen MR) is 76.3 cm³/mol. The molecule has 0 bridgehead atoms. The maximum Gasteiger partial charge on any atom is 0.340 e. The molecule has 1 aromatic rings. The van der Waals surface area contributed by atoms with E-state index in [-0.39, 0.29) is 5.97 Å². The van der Waals surface area contributed by atoms with Crippen LogP contribution in [0.15, 0.2) is 18.2 Å². The van der Waals surface area contributed by atoms with Gasteiger partial charge in [-0.15, -0.1) is 0 Å². The first-order chi connectivity index (χ1) is 8.63. The normalized spacial score (nSPS) is 18.7. The largest absolute Gasteiger partial charge is 0.465 e. The number of ether oxygens (including phenoxy) is 1. The van der Waals surface area contributed by atoms with Gasteiger partial charge in [0.25, 0.3) is 0 Å². The first-order valence-corrected chi connectivity index (χ1v) is 7.07. The quantitative estimate of drug-likeness (QED) is 0.670. The number of rotatable bonds is 3. The molecule has 1 aliphatic rings. The average Bonchev–Trinajstić information content (AvgIpc) is 2.90. The number of nitrogens with zero attached hydrogens (tertiary/aromatic N) is 1. The van der Waals surface area contributed by atoms with E-state index in [0.717, 1.165) is 17.9 Å². The average molecular weight is 266 g/mol. The van der Waals surface area contributed by atoms with E-state index in [2.05, 4.69) is 4.90 Å². The molecule has 2 N–H and O–H groups in total. The smallest absolute Gasteiger partial charge is 0.340 e. The highest BCUT2D eigenvalue weighted by molar-refractivity contribution is 7.99. The SMILES string of the molecule is COC(=O)c1cc(N)ccc1N(C)C1CCSC1. The number of benzene rings is 1. The van der Waals surface area contributed by atoms with Crippen molar-refractivity contribution in [1.29, 1.82) is 0 Å². The Labute approximate surface area is 111 Å². The molecular formula is C13H18N2O2S. The second-order valence-corrected chi connectivity index (χ2v) is 5.55. The zero-order valence-corrected chi connectivity index (χ0v) is 11.5. The highest BCUT2D eigenvalue weighted by Crippen LogP contribution is 2.29. The van der Waals surface area contributed by atoms with Crippen LogP contribution in [-0.4, -0.2) is 37.7 Å². The minimum Gasteiger partial charge on any atom is -0.465 e. The molecule has 5 heteroatoms. The summed E-state index contributed by atoms with van der Waals surface area (Å²) >= 11 is 1.95. The van der Waals surface area contributed by atoms with E-state index in [4.69, 9.17) is 10.5 Å². The van der Waals surface area contributed by atoms with Crippen molar-refractivity contribution in [3.63, 3.8) is 0 Å². The van der Waals surface area contributed by atoms with Crippen molar-refractivity contribution in [2.75, 3.05) is 36.3 Å². The van der Waals surface area contributed by atoms with Crippen LogP contribution in [0.4, 0.5) is 11.4 Å². The van der Waals surface area contributed by atoms with E-state index in [1.807, 2.05) is 30.9 Å². The standard InChI is InChI=1S/C13H18N2O2S/c1-15(10-5-6-18-8-10)12-4-3-9(14)7-11(12)13(16)17-2/h3-4,7,10H,5-6,8,14H2,1-2H3. The molecule has 0 aliphatic carbocycles. The lowest BCUT2D eigenvalue weighted by Gasteiger charge is -2.27. The van der Waals surface area contributed by atoms with Crippen LogP contribution in [0, 0.1) is 0 Å². The van der Waals surface area contributed by atoms with Crippen molar-refractivity contribution in [3.05, 3.63) is 23.8 Å². The maximum absolute atomic E-state index is 11.8. The number of esters is 1. The summed E-state index contributed by atoms with van der Waals surface area (Å²) < 4.78 is 4.82. The lowest BCUT2D eigenvalue weighted by atomic mass is 10.1. The summed E-state index contributed by atoms with van der Waals surface area (Å²) in [5, 5.41) is 0. The summed E-state index contributed by atoms with van der Waals surface area (Å²) in [7, 11) is 3.41. The summed E-state index contributed by atoms with van der Waals surface area (Å²) in [4.78, 5) is 14.0. The Morgan fingerprint density at radius 3 is 2.94 bits per heavy atom. The minimum atomic E-state index is -0.338. The Balaban J connectivity index is 2.33. The van der Waals surface area contributed by atoms with Crippen LogP contribution in [0.25, 0.3) is 0 Å². The predicted octanol–water partition coefficient (Wildman–Crippen LogP) is 2.00. The molecule has 0 aromatic heterocycles. The van der Waals surface area contributed by atoms with Crippen LogP contribution in [0.5, 0.6) is 0 Å². The number of methoxy groups -OCH3 is 1. The molecule has 1 aliphatic heterocycles. The summed E-state index contributed by atoms with van der Waals surface area (Å²) in [5.74, 6) is 1.94. The zero-order valence-electron chi connectivity index (χ0n) is 10.7. The summed E-state index contributed by atoms with van der Waals surface area (Å²) in [6, 6.07) is 5.87. The molecule has 98 valence electrons. The highest BCUT2D eigenvalue weighted by atomic mass is 32.2. The Hall–Kier alpha value is -1.36. The van der Waals surface area contributed by atoms with Gasteiger partial charge in [-0.3, -0.25) is 0 Å². The second kappa shape index (κ2) is 5.52. The molecule has 18 heavy (non-hydrogen) atoms. The molecule has 4 nitrogen and oxygen atoms in total. The van der Waals surface area contributed by atoms with Crippen LogP contribution >= 0.6 is 11.8 Å². The van der Waals surface area contributed by atoms with Crippen LogP contribution in [0.3, 0.4) is 0 Å². The maximum atomic E-state index is 11.8. The Bertz CT molecular complexity index is 445. The number of hydrogen-bond donors (Lipinski definition) is 1. The number of anilines is 2. The third-order valence-electron chi connectivity index (χ3n) is 3.26. The van der Waals surface area contributed by atoms with Gasteiger partial charge in [0, 0.05) is 24.5 Å². The van der Waals surface area contributed by atoms with E-state index in [0.29, 0.717) is 17.3 Å². The van der Waals surface area contributed by atoms with Crippen molar-refractivity contribution < 1.29 is 9.53 Å². The molecule has 1 unspecified atom stereocenters. The van der Waals surface area contributed by atoms with Crippen molar-refractivity contribution >= 4 is 29.1 Å². The van der Waals surface area contributed by atoms with Gasteiger partial charge in [-0.2, -0.15) is 11.8 Å². The summed E-state index contributed by atoms with van der Waals surface area (Å²) in [6.45, 7) is 0. The third kappa shape index (κ3) is 2.56. The van der Waals surface area contributed by atoms with Gasteiger partial charge >= 0.3 is 5.97 Å². The molecule has 0 spiro atoms. The van der Waals surface area contributed by atoms with Gasteiger partial charge in [-0.05, 0) is 30.4 Å². The van der Waals surface area contributed by atoms with Gasteiger partial charge in [-0.25, -0.2) is 4.79 Å². The number of hydrogen-bond acceptors (Lipinski definition) is 5. The van der Waals surface area contributed by atoms with E-state index < -0.39 is 0 Å².